The molecule has 20 heavy (non-hydrogen) atoms. The number of hydrogen-bond donors (Lipinski definition) is 1. The Balaban J connectivity index is 2.20. The number of ether oxygens (including phenoxy) is 1. The van der Waals surface area contributed by atoms with Gasteiger partial charge in [-0.15, -0.1) is 0 Å². The average Bonchev–Trinajstić information content (AvgIpc) is 2.47. The van der Waals surface area contributed by atoms with Crippen LogP contribution >= 0.6 is 0 Å². The summed E-state index contributed by atoms with van der Waals surface area (Å²) in [7, 11) is 1.19. The molecule has 5 nitrogen and oxygen atoms in total. The molecular weight excluding hydrogens is 270 g/mol. The van der Waals surface area contributed by atoms with Crippen molar-refractivity contribution in [2.24, 2.45) is 11.0 Å². The molecule has 1 heterocycles. The second-order valence-corrected chi connectivity index (χ2v) is 4.24. The lowest BCUT2D eigenvalue weighted by atomic mass is 9.95. The summed E-state index contributed by atoms with van der Waals surface area (Å²) in [4.78, 5) is 23.0. The van der Waals surface area contributed by atoms with Gasteiger partial charge in [0.15, 0.2) is 0 Å². The monoisotopic (exact) mass is 282 g/mol. The fourth-order valence-corrected chi connectivity index (χ4v) is 1.87. The molecule has 0 aliphatic carbocycles. The molecule has 0 aromatic heterocycles. The van der Waals surface area contributed by atoms with Gasteiger partial charge in [0.2, 0.25) is 0 Å². The standard InChI is InChI=1S/C13H12F2N2O3/c1-20-13(19)9-6-10(16-17-12(9)18)7-2-4-8(5-3-7)11(14)15/h2-5,9,11H,6H2,1H3,(H,17,18). The van der Waals surface area contributed by atoms with Crippen LogP contribution in [-0.2, 0) is 14.3 Å². The first-order chi connectivity index (χ1) is 9.52. The number of carbonyl (C=O) groups excluding carboxylic acids is 2. The Morgan fingerprint density at radius 3 is 2.60 bits per heavy atom. The van der Waals surface area contributed by atoms with Crippen LogP contribution in [0.3, 0.4) is 0 Å². The molecule has 0 fully saturated rings. The normalized spacial score (nSPS) is 18.5. The van der Waals surface area contributed by atoms with E-state index in [4.69, 9.17) is 0 Å². The van der Waals surface area contributed by atoms with Crippen molar-refractivity contribution >= 4 is 17.6 Å². The SMILES string of the molecule is COC(=O)C1CC(c2ccc(C(F)F)cc2)=NNC1=O. The van der Waals surface area contributed by atoms with Crippen LogP contribution in [0, 0.1) is 5.92 Å². The number of nitrogens with one attached hydrogen (secondary N) is 1. The van der Waals surface area contributed by atoms with Crippen molar-refractivity contribution in [3.8, 4) is 0 Å². The summed E-state index contributed by atoms with van der Waals surface area (Å²) in [5, 5.41) is 3.84. The first-order valence-electron chi connectivity index (χ1n) is 5.85. The van der Waals surface area contributed by atoms with E-state index in [9.17, 15) is 18.4 Å². The predicted molar refractivity (Wildman–Crippen MR) is 66.2 cm³/mol. The number of benzene rings is 1. The highest BCUT2D eigenvalue weighted by molar-refractivity contribution is 6.10. The Labute approximate surface area is 113 Å². The quantitative estimate of drug-likeness (QED) is 0.677. The molecule has 1 atom stereocenters. The molecule has 7 heteroatoms. The molecule has 106 valence electrons. The molecule has 1 aliphatic rings. The highest BCUT2D eigenvalue weighted by Crippen LogP contribution is 2.21. The second-order valence-electron chi connectivity index (χ2n) is 4.24. The number of alkyl halides is 2. The van der Waals surface area contributed by atoms with Gasteiger partial charge in [0.05, 0.1) is 12.8 Å². The third-order valence-electron chi connectivity index (χ3n) is 3.00. The maximum Gasteiger partial charge on any atom is 0.318 e. The van der Waals surface area contributed by atoms with E-state index in [1.54, 1.807) is 0 Å². The number of rotatable bonds is 3. The van der Waals surface area contributed by atoms with E-state index in [0.717, 1.165) is 0 Å². The first kappa shape index (κ1) is 14.1. The highest BCUT2D eigenvalue weighted by atomic mass is 19.3. The van der Waals surface area contributed by atoms with Crippen LogP contribution in [-0.4, -0.2) is 24.7 Å². The molecule has 0 saturated carbocycles. The minimum atomic E-state index is -2.54. The van der Waals surface area contributed by atoms with Crippen molar-refractivity contribution in [2.75, 3.05) is 7.11 Å². The lowest BCUT2D eigenvalue weighted by Crippen LogP contribution is -2.39. The van der Waals surface area contributed by atoms with Crippen molar-refractivity contribution in [3.05, 3.63) is 35.4 Å². The summed E-state index contributed by atoms with van der Waals surface area (Å²) in [6, 6.07) is 5.52. The molecule has 0 spiro atoms. The Kier molecular flexibility index (Phi) is 4.07. The van der Waals surface area contributed by atoms with Crippen LogP contribution in [0.15, 0.2) is 29.4 Å². The van der Waals surface area contributed by atoms with Crippen LogP contribution in [0.1, 0.15) is 24.0 Å². The third kappa shape index (κ3) is 2.81. The van der Waals surface area contributed by atoms with Crippen molar-refractivity contribution < 1.29 is 23.1 Å². The molecule has 1 aromatic carbocycles. The highest BCUT2D eigenvalue weighted by Gasteiger charge is 2.32. The lowest BCUT2D eigenvalue weighted by Gasteiger charge is -2.19. The maximum atomic E-state index is 12.5. The summed E-state index contributed by atoms with van der Waals surface area (Å²) in [5.41, 5.74) is 3.15. The maximum absolute atomic E-state index is 12.5. The number of carbonyl (C=O) groups is 2. The van der Waals surface area contributed by atoms with Crippen molar-refractivity contribution in [1.29, 1.82) is 0 Å². The van der Waals surface area contributed by atoms with Crippen LogP contribution in [0.4, 0.5) is 8.78 Å². The summed E-state index contributed by atoms with van der Waals surface area (Å²) >= 11 is 0. The largest absolute Gasteiger partial charge is 0.468 e. The summed E-state index contributed by atoms with van der Waals surface area (Å²) < 4.78 is 29.5. The van der Waals surface area contributed by atoms with E-state index >= 15 is 0 Å². The number of hydrogen-bond acceptors (Lipinski definition) is 4. The van der Waals surface area contributed by atoms with E-state index < -0.39 is 24.2 Å². The number of hydrazone groups is 1. The first-order valence-corrected chi connectivity index (χ1v) is 5.85. The minimum absolute atomic E-state index is 0.0759. The summed E-state index contributed by atoms with van der Waals surface area (Å²) in [6.45, 7) is 0. The van der Waals surface area contributed by atoms with Crippen molar-refractivity contribution in [1.82, 2.24) is 5.43 Å². The molecule has 2 rings (SSSR count). The smallest absolute Gasteiger partial charge is 0.318 e. The number of methoxy groups -OCH3 is 1. The van der Waals surface area contributed by atoms with Crippen LogP contribution in [0.5, 0.6) is 0 Å². The van der Waals surface area contributed by atoms with Gasteiger partial charge in [-0.1, -0.05) is 24.3 Å². The van der Waals surface area contributed by atoms with Crippen LogP contribution in [0.25, 0.3) is 0 Å². The van der Waals surface area contributed by atoms with E-state index in [2.05, 4.69) is 15.3 Å². The van der Waals surface area contributed by atoms with Gasteiger partial charge >= 0.3 is 5.97 Å². The van der Waals surface area contributed by atoms with Gasteiger partial charge in [0.25, 0.3) is 12.3 Å². The van der Waals surface area contributed by atoms with Crippen molar-refractivity contribution in [2.45, 2.75) is 12.8 Å². The Hall–Kier alpha value is -2.31. The lowest BCUT2D eigenvalue weighted by molar-refractivity contribution is -0.150. The molecule has 0 saturated heterocycles. The fourth-order valence-electron chi connectivity index (χ4n) is 1.87. The summed E-state index contributed by atoms with van der Waals surface area (Å²) in [6.07, 6.45) is -2.47. The second kappa shape index (κ2) is 5.77. The van der Waals surface area contributed by atoms with E-state index in [1.807, 2.05) is 0 Å². The fraction of sp³-hybridized carbons (Fsp3) is 0.308. The molecule has 1 amide bonds. The number of amides is 1. The topological polar surface area (TPSA) is 67.8 Å². The Morgan fingerprint density at radius 1 is 1.40 bits per heavy atom. The third-order valence-corrected chi connectivity index (χ3v) is 3.00. The zero-order valence-electron chi connectivity index (χ0n) is 10.6. The van der Waals surface area contributed by atoms with Gasteiger partial charge in [-0.3, -0.25) is 9.59 Å². The zero-order chi connectivity index (χ0) is 14.7. The number of nitrogens with zero attached hydrogens (tertiary/aromatic N) is 1. The van der Waals surface area contributed by atoms with Gasteiger partial charge in [-0.05, 0) is 5.56 Å². The molecule has 1 aromatic rings. The zero-order valence-corrected chi connectivity index (χ0v) is 10.6. The molecular formula is C13H12F2N2O3. The predicted octanol–water partition coefficient (Wildman–Crippen LogP) is 1.64. The molecule has 1 aliphatic heterocycles. The number of esters is 1. The van der Waals surface area contributed by atoms with Gasteiger partial charge in [-0.2, -0.15) is 5.10 Å². The minimum Gasteiger partial charge on any atom is -0.468 e. The molecule has 1 N–H and O–H groups in total. The van der Waals surface area contributed by atoms with Crippen molar-refractivity contribution in [3.63, 3.8) is 0 Å². The molecule has 0 bridgehead atoms. The van der Waals surface area contributed by atoms with E-state index in [1.165, 1.54) is 31.4 Å². The Bertz CT molecular complexity index is 555. The van der Waals surface area contributed by atoms with E-state index in [-0.39, 0.29) is 12.0 Å². The van der Waals surface area contributed by atoms with Gasteiger partial charge in [-0.25, -0.2) is 14.2 Å². The van der Waals surface area contributed by atoms with Crippen LogP contribution in [0.2, 0.25) is 0 Å². The van der Waals surface area contributed by atoms with Gasteiger partial charge in [0, 0.05) is 12.0 Å². The van der Waals surface area contributed by atoms with Gasteiger partial charge in [0.1, 0.15) is 5.92 Å². The van der Waals surface area contributed by atoms with E-state index in [0.29, 0.717) is 11.3 Å². The molecule has 0 radical (unpaired) electrons. The van der Waals surface area contributed by atoms with Crippen LogP contribution < -0.4 is 5.43 Å². The van der Waals surface area contributed by atoms with Gasteiger partial charge < -0.3 is 4.74 Å². The summed E-state index contributed by atoms with van der Waals surface area (Å²) in [5.74, 6) is -2.16. The molecule has 1 unspecified atom stereocenters. The average molecular weight is 282 g/mol. The Morgan fingerprint density at radius 2 is 2.05 bits per heavy atom. The number of halogens is 2.